The molecule has 0 N–H and O–H groups in total. The maximum atomic E-state index is 12.9. The summed E-state index contributed by atoms with van der Waals surface area (Å²) in [4.78, 5) is 14.5. The van der Waals surface area contributed by atoms with E-state index in [0.29, 0.717) is 25.5 Å². The molecular weight excluding hydrogens is 337 g/mol. The zero-order valence-corrected chi connectivity index (χ0v) is 14.3. The van der Waals surface area contributed by atoms with Gasteiger partial charge in [0.25, 0.3) is 5.91 Å². The minimum absolute atomic E-state index is 0.00939. The molecule has 4 rings (SSSR count). The maximum Gasteiger partial charge on any atom is 0.261 e. The smallest absolute Gasteiger partial charge is 0.261 e. The van der Waals surface area contributed by atoms with Crippen molar-refractivity contribution >= 4 is 5.91 Å². The van der Waals surface area contributed by atoms with Gasteiger partial charge in [0.2, 0.25) is 0 Å². The summed E-state index contributed by atoms with van der Waals surface area (Å²) in [5, 5.41) is 0. The molecule has 2 heterocycles. The Labute approximate surface area is 151 Å². The number of likely N-dealkylation sites (tertiary alicyclic amines) is 1. The lowest BCUT2D eigenvalue weighted by Crippen LogP contribution is -2.34. The predicted octanol–water partition coefficient (Wildman–Crippen LogP) is 3.34. The van der Waals surface area contributed by atoms with Crippen LogP contribution in [0.1, 0.15) is 24.4 Å². The van der Waals surface area contributed by atoms with Gasteiger partial charge in [0.05, 0.1) is 6.04 Å². The van der Waals surface area contributed by atoms with Crippen LogP contribution in [0, 0.1) is 5.82 Å². The van der Waals surface area contributed by atoms with Gasteiger partial charge in [-0.2, -0.15) is 0 Å². The molecule has 2 aliphatic heterocycles. The highest BCUT2D eigenvalue weighted by Gasteiger charge is 2.31. The molecule has 0 aliphatic carbocycles. The fourth-order valence-corrected chi connectivity index (χ4v) is 3.44. The van der Waals surface area contributed by atoms with Crippen LogP contribution in [0.25, 0.3) is 0 Å². The summed E-state index contributed by atoms with van der Waals surface area (Å²) in [6, 6.07) is 11.5. The molecule has 1 saturated heterocycles. The van der Waals surface area contributed by atoms with Gasteiger partial charge in [0.15, 0.2) is 18.1 Å². The van der Waals surface area contributed by atoms with Gasteiger partial charge >= 0.3 is 0 Å². The van der Waals surface area contributed by atoms with Gasteiger partial charge in [-0.25, -0.2) is 4.39 Å². The monoisotopic (exact) mass is 357 g/mol. The van der Waals surface area contributed by atoms with Crippen LogP contribution in [-0.4, -0.2) is 37.2 Å². The first kappa shape index (κ1) is 16.7. The number of carbonyl (C=O) groups is 1. The summed E-state index contributed by atoms with van der Waals surface area (Å²) in [5.41, 5.74) is 1.04. The number of ether oxygens (including phenoxy) is 3. The molecule has 1 atom stereocenters. The normalized spacial score (nSPS) is 18.7. The SMILES string of the molecule is O=C(COc1ccc(F)cc1)N1CCC[C@H]1c1ccc2c(c1)OCCO2. The molecule has 0 spiro atoms. The number of hydrogen-bond acceptors (Lipinski definition) is 4. The van der Waals surface area contributed by atoms with Crippen LogP contribution >= 0.6 is 0 Å². The standard InChI is InChI=1S/C20H20FNO4/c21-15-4-6-16(7-5-15)26-13-20(23)22-9-1-2-17(22)14-3-8-18-19(12-14)25-11-10-24-18/h3-8,12,17H,1-2,9-11,13H2/t17-/m0/s1. The van der Waals surface area contributed by atoms with E-state index in [1.54, 1.807) is 0 Å². The van der Waals surface area contributed by atoms with Crippen molar-refractivity contribution in [2.75, 3.05) is 26.4 Å². The van der Waals surface area contributed by atoms with Crippen molar-refractivity contribution in [3.05, 3.63) is 53.8 Å². The molecule has 1 amide bonds. The summed E-state index contributed by atoms with van der Waals surface area (Å²) in [7, 11) is 0. The molecule has 0 radical (unpaired) electrons. The lowest BCUT2D eigenvalue weighted by molar-refractivity contribution is -0.134. The Kier molecular flexibility index (Phi) is 4.65. The number of amides is 1. The second-order valence-corrected chi connectivity index (χ2v) is 6.39. The molecule has 5 nitrogen and oxygen atoms in total. The lowest BCUT2D eigenvalue weighted by atomic mass is 10.0. The van der Waals surface area contributed by atoms with Crippen LogP contribution in [0.4, 0.5) is 4.39 Å². The van der Waals surface area contributed by atoms with E-state index in [0.717, 1.165) is 29.9 Å². The first-order valence-electron chi connectivity index (χ1n) is 8.78. The van der Waals surface area contributed by atoms with Gasteiger partial charge in [-0.05, 0) is 54.8 Å². The Morgan fingerprint density at radius 1 is 1.12 bits per heavy atom. The average molecular weight is 357 g/mol. The molecule has 0 aromatic heterocycles. The molecule has 2 aromatic carbocycles. The minimum Gasteiger partial charge on any atom is -0.486 e. The van der Waals surface area contributed by atoms with Crippen LogP contribution in [-0.2, 0) is 4.79 Å². The van der Waals surface area contributed by atoms with Crippen molar-refractivity contribution in [1.82, 2.24) is 4.90 Å². The fourth-order valence-electron chi connectivity index (χ4n) is 3.44. The number of fused-ring (bicyclic) bond motifs is 1. The van der Waals surface area contributed by atoms with E-state index in [1.807, 2.05) is 23.1 Å². The van der Waals surface area contributed by atoms with Crippen molar-refractivity contribution in [3.63, 3.8) is 0 Å². The van der Waals surface area contributed by atoms with Crippen LogP contribution in [0.3, 0.4) is 0 Å². The average Bonchev–Trinajstić information content (AvgIpc) is 3.17. The summed E-state index contributed by atoms with van der Waals surface area (Å²) in [5.74, 6) is 1.55. The van der Waals surface area contributed by atoms with Gasteiger partial charge in [0.1, 0.15) is 24.8 Å². The number of carbonyl (C=O) groups excluding carboxylic acids is 1. The van der Waals surface area contributed by atoms with Gasteiger partial charge in [-0.1, -0.05) is 6.07 Å². The van der Waals surface area contributed by atoms with Crippen molar-refractivity contribution in [3.8, 4) is 17.2 Å². The molecule has 0 saturated carbocycles. The lowest BCUT2D eigenvalue weighted by Gasteiger charge is -2.26. The zero-order valence-electron chi connectivity index (χ0n) is 14.3. The Hall–Kier alpha value is -2.76. The van der Waals surface area contributed by atoms with E-state index in [9.17, 15) is 9.18 Å². The molecule has 0 unspecified atom stereocenters. The highest BCUT2D eigenvalue weighted by molar-refractivity contribution is 5.78. The second kappa shape index (κ2) is 7.23. The maximum absolute atomic E-state index is 12.9. The number of nitrogens with zero attached hydrogens (tertiary/aromatic N) is 1. The molecule has 6 heteroatoms. The van der Waals surface area contributed by atoms with E-state index in [-0.39, 0.29) is 24.4 Å². The number of benzene rings is 2. The van der Waals surface area contributed by atoms with Crippen molar-refractivity contribution in [2.45, 2.75) is 18.9 Å². The first-order valence-corrected chi connectivity index (χ1v) is 8.78. The van der Waals surface area contributed by atoms with Crippen molar-refractivity contribution in [1.29, 1.82) is 0 Å². The van der Waals surface area contributed by atoms with Gasteiger partial charge in [0, 0.05) is 6.54 Å². The minimum atomic E-state index is -0.332. The van der Waals surface area contributed by atoms with E-state index in [4.69, 9.17) is 14.2 Å². The topological polar surface area (TPSA) is 48.0 Å². The largest absolute Gasteiger partial charge is 0.486 e. The van der Waals surface area contributed by atoms with Gasteiger partial charge in [-0.3, -0.25) is 4.79 Å². The third kappa shape index (κ3) is 3.45. The summed E-state index contributed by atoms with van der Waals surface area (Å²) in [6.45, 7) is 1.73. The van der Waals surface area contributed by atoms with Crippen LogP contribution in [0.2, 0.25) is 0 Å². The van der Waals surface area contributed by atoms with E-state index >= 15 is 0 Å². The predicted molar refractivity (Wildman–Crippen MR) is 93.0 cm³/mol. The zero-order chi connectivity index (χ0) is 17.9. The summed E-state index contributed by atoms with van der Waals surface area (Å²) in [6.07, 6.45) is 1.85. The Balaban J connectivity index is 1.44. The van der Waals surface area contributed by atoms with E-state index in [1.165, 1.54) is 24.3 Å². The summed E-state index contributed by atoms with van der Waals surface area (Å²) >= 11 is 0. The Morgan fingerprint density at radius 3 is 2.69 bits per heavy atom. The van der Waals surface area contributed by atoms with Gasteiger partial charge in [-0.15, -0.1) is 0 Å². The highest BCUT2D eigenvalue weighted by Crippen LogP contribution is 2.38. The molecule has 0 bridgehead atoms. The molecule has 1 fully saturated rings. The van der Waals surface area contributed by atoms with Crippen LogP contribution < -0.4 is 14.2 Å². The van der Waals surface area contributed by atoms with Crippen molar-refractivity contribution in [2.24, 2.45) is 0 Å². The summed E-state index contributed by atoms with van der Waals surface area (Å²) < 4.78 is 29.7. The first-order chi connectivity index (χ1) is 12.7. The molecule has 2 aromatic rings. The molecule has 26 heavy (non-hydrogen) atoms. The Morgan fingerprint density at radius 2 is 1.88 bits per heavy atom. The molecule has 2 aliphatic rings. The fraction of sp³-hybridized carbons (Fsp3) is 0.350. The number of hydrogen-bond donors (Lipinski definition) is 0. The van der Waals surface area contributed by atoms with Crippen molar-refractivity contribution < 1.29 is 23.4 Å². The molecular formula is C20H20FNO4. The molecule has 136 valence electrons. The third-order valence-electron chi connectivity index (χ3n) is 4.70. The van der Waals surface area contributed by atoms with Crippen LogP contribution in [0.15, 0.2) is 42.5 Å². The van der Waals surface area contributed by atoms with Crippen LogP contribution in [0.5, 0.6) is 17.2 Å². The van der Waals surface area contributed by atoms with Gasteiger partial charge < -0.3 is 19.1 Å². The number of rotatable bonds is 4. The highest BCUT2D eigenvalue weighted by atomic mass is 19.1. The Bertz CT molecular complexity index is 793. The van der Waals surface area contributed by atoms with E-state index < -0.39 is 0 Å². The second-order valence-electron chi connectivity index (χ2n) is 6.39. The van der Waals surface area contributed by atoms with E-state index in [2.05, 4.69) is 0 Å². The quantitative estimate of drug-likeness (QED) is 0.842. The number of halogens is 1. The third-order valence-corrected chi connectivity index (χ3v) is 4.70.